The molecule has 134 valence electrons. The molecule has 0 saturated carbocycles. The molecule has 0 spiro atoms. The molecule has 0 aliphatic carbocycles. The fourth-order valence-electron chi connectivity index (χ4n) is 3.77. The quantitative estimate of drug-likeness (QED) is 0.895. The second-order valence-electron chi connectivity index (χ2n) is 6.83. The lowest BCUT2D eigenvalue weighted by Gasteiger charge is -2.23. The summed E-state index contributed by atoms with van der Waals surface area (Å²) >= 11 is 6.19. The van der Waals surface area contributed by atoms with Gasteiger partial charge in [0.15, 0.2) is 5.82 Å². The number of halogens is 2. The molecule has 1 N–H and O–H groups in total. The predicted molar refractivity (Wildman–Crippen MR) is 93.0 cm³/mol. The van der Waals surface area contributed by atoms with Crippen molar-refractivity contribution in [2.45, 2.75) is 44.2 Å². The highest BCUT2D eigenvalue weighted by molar-refractivity contribution is 6.31. The molecule has 4 rings (SSSR count). The number of hydrogen-bond acceptors (Lipinski definition) is 4. The van der Waals surface area contributed by atoms with Gasteiger partial charge in [0.1, 0.15) is 11.6 Å². The average molecular weight is 365 g/mol. The minimum atomic E-state index is -0.303. The topological polar surface area (TPSA) is 54.0 Å². The third-order valence-electron chi connectivity index (χ3n) is 5.17. The van der Waals surface area contributed by atoms with Gasteiger partial charge in [0.05, 0.1) is 6.04 Å². The van der Waals surface area contributed by atoms with Crippen molar-refractivity contribution in [2.24, 2.45) is 0 Å². The highest BCUT2D eigenvalue weighted by atomic mass is 35.5. The van der Waals surface area contributed by atoms with Crippen LogP contribution in [0.25, 0.3) is 0 Å². The van der Waals surface area contributed by atoms with Crippen molar-refractivity contribution >= 4 is 11.6 Å². The number of likely N-dealkylation sites (tertiary alicyclic amines) is 1. The highest BCUT2D eigenvalue weighted by Gasteiger charge is 2.30. The van der Waals surface area contributed by atoms with Crippen molar-refractivity contribution in [3.8, 4) is 0 Å². The van der Waals surface area contributed by atoms with Crippen LogP contribution in [0.1, 0.15) is 54.9 Å². The van der Waals surface area contributed by atoms with Crippen LogP contribution >= 0.6 is 11.6 Å². The van der Waals surface area contributed by atoms with Crippen molar-refractivity contribution in [3.05, 3.63) is 46.3 Å². The Hall–Kier alpha value is -1.50. The lowest BCUT2D eigenvalue weighted by Crippen LogP contribution is -2.24. The number of aromatic amines is 1. The third-order valence-corrected chi connectivity index (χ3v) is 5.53. The Balaban J connectivity index is 1.48. The predicted octanol–water partition coefficient (Wildman–Crippen LogP) is 3.83. The SMILES string of the molecule is Fc1ccc(CN2CCC[C@H]2c2nc(C3CCOCC3)n[nH]2)c(Cl)c1. The van der Waals surface area contributed by atoms with Gasteiger partial charge in [-0.1, -0.05) is 17.7 Å². The molecule has 7 heteroatoms. The van der Waals surface area contributed by atoms with Crippen molar-refractivity contribution < 1.29 is 9.13 Å². The molecule has 5 nitrogen and oxygen atoms in total. The van der Waals surface area contributed by atoms with Gasteiger partial charge in [-0.3, -0.25) is 10.00 Å². The Bertz CT molecular complexity index is 732. The zero-order chi connectivity index (χ0) is 17.2. The van der Waals surface area contributed by atoms with E-state index >= 15 is 0 Å². The number of hydrogen-bond donors (Lipinski definition) is 1. The highest BCUT2D eigenvalue weighted by Crippen LogP contribution is 2.33. The van der Waals surface area contributed by atoms with E-state index in [9.17, 15) is 4.39 Å². The van der Waals surface area contributed by atoms with E-state index in [0.29, 0.717) is 17.5 Å². The summed E-state index contributed by atoms with van der Waals surface area (Å²) in [5.74, 6) is 1.92. The van der Waals surface area contributed by atoms with Gasteiger partial charge >= 0.3 is 0 Å². The lowest BCUT2D eigenvalue weighted by atomic mass is 10.00. The first-order valence-corrected chi connectivity index (χ1v) is 9.26. The van der Waals surface area contributed by atoms with E-state index in [0.717, 1.165) is 62.7 Å². The van der Waals surface area contributed by atoms with Gasteiger partial charge in [0.2, 0.25) is 0 Å². The molecule has 25 heavy (non-hydrogen) atoms. The molecule has 2 fully saturated rings. The van der Waals surface area contributed by atoms with E-state index in [1.165, 1.54) is 12.1 Å². The number of nitrogens with zero attached hydrogens (tertiary/aromatic N) is 3. The Morgan fingerprint density at radius 1 is 1.28 bits per heavy atom. The minimum absolute atomic E-state index is 0.210. The van der Waals surface area contributed by atoms with Crippen molar-refractivity contribution in [3.63, 3.8) is 0 Å². The second-order valence-corrected chi connectivity index (χ2v) is 7.24. The minimum Gasteiger partial charge on any atom is -0.381 e. The summed E-state index contributed by atoms with van der Waals surface area (Å²) in [6, 6.07) is 4.81. The van der Waals surface area contributed by atoms with Crippen LogP contribution in [-0.2, 0) is 11.3 Å². The molecule has 1 aromatic heterocycles. The summed E-state index contributed by atoms with van der Waals surface area (Å²) in [7, 11) is 0. The van der Waals surface area contributed by atoms with Crippen molar-refractivity contribution in [2.75, 3.05) is 19.8 Å². The standard InChI is InChI=1S/C18H22ClFN4O/c19-15-10-14(20)4-3-13(15)11-24-7-1-2-16(24)18-21-17(22-23-18)12-5-8-25-9-6-12/h3-4,10,12,16H,1-2,5-9,11H2,(H,21,22,23)/t16-/m0/s1. The molecule has 0 bridgehead atoms. The van der Waals surface area contributed by atoms with Gasteiger partial charge in [0.25, 0.3) is 0 Å². The van der Waals surface area contributed by atoms with E-state index in [2.05, 4.69) is 15.1 Å². The maximum absolute atomic E-state index is 13.3. The lowest BCUT2D eigenvalue weighted by molar-refractivity contribution is 0.0836. The monoisotopic (exact) mass is 364 g/mol. The number of aromatic nitrogens is 3. The summed E-state index contributed by atoms with van der Waals surface area (Å²) < 4.78 is 18.7. The maximum atomic E-state index is 13.3. The van der Waals surface area contributed by atoms with Crippen LogP contribution < -0.4 is 0 Å². The van der Waals surface area contributed by atoms with Crippen LogP contribution in [-0.4, -0.2) is 39.8 Å². The molecule has 2 aromatic rings. The van der Waals surface area contributed by atoms with Crippen LogP contribution in [0.2, 0.25) is 5.02 Å². The first-order valence-electron chi connectivity index (χ1n) is 8.88. The largest absolute Gasteiger partial charge is 0.381 e. The normalized spacial score (nSPS) is 22.6. The molecule has 2 aliphatic rings. The number of ether oxygens (including phenoxy) is 1. The molecule has 1 atom stereocenters. The molecular weight excluding hydrogens is 343 g/mol. The smallest absolute Gasteiger partial charge is 0.154 e. The van der Waals surface area contributed by atoms with Crippen LogP contribution in [0.4, 0.5) is 4.39 Å². The fourth-order valence-corrected chi connectivity index (χ4v) is 4.00. The fraction of sp³-hybridized carbons (Fsp3) is 0.556. The Kier molecular flexibility index (Phi) is 5.01. The van der Waals surface area contributed by atoms with Gasteiger partial charge in [-0.25, -0.2) is 9.37 Å². The molecule has 3 heterocycles. The van der Waals surface area contributed by atoms with Crippen LogP contribution in [0.3, 0.4) is 0 Å². The van der Waals surface area contributed by atoms with Gasteiger partial charge < -0.3 is 4.74 Å². The average Bonchev–Trinajstić information content (AvgIpc) is 3.27. The molecule has 1 aromatic carbocycles. The number of benzene rings is 1. The molecular formula is C18H22ClFN4O. The van der Waals surface area contributed by atoms with Crippen LogP contribution in [0, 0.1) is 5.82 Å². The van der Waals surface area contributed by atoms with E-state index in [1.54, 1.807) is 6.07 Å². The summed E-state index contributed by atoms with van der Waals surface area (Å²) in [5, 5.41) is 8.09. The van der Waals surface area contributed by atoms with Crippen LogP contribution in [0.15, 0.2) is 18.2 Å². The summed E-state index contributed by atoms with van der Waals surface area (Å²) in [4.78, 5) is 7.13. The Morgan fingerprint density at radius 2 is 2.12 bits per heavy atom. The Morgan fingerprint density at radius 3 is 2.92 bits per heavy atom. The molecule has 0 amide bonds. The first kappa shape index (κ1) is 16.9. The molecule has 2 saturated heterocycles. The van der Waals surface area contributed by atoms with Gasteiger partial charge in [-0.05, 0) is 49.9 Å². The van der Waals surface area contributed by atoms with Gasteiger partial charge in [-0.2, -0.15) is 5.10 Å². The summed E-state index contributed by atoms with van der Waals surface area (Å²) in [6.07, 6.45) is 4.12. The van der Waals surface area contributed by atoms with Gasteiger partial charge in [-0.15, -0.1) is 0 Å². The van der Waals surface area contributed by atoms with E-state index in [1.807, 2.05) is 0 Å². The van der Waals surface area contributed by atoms with Crippen molar-refractivity contribution in [1.82, 2.24) is 20.1 Å². The number of H-pyrrole nitrogens is 1. The van der Waals surface area contributed by atoms with E-state index in [4.69, 9.17) is 21.3 Å². The number of nitrogens with one attached hydrogen (secondary N) is 1. The summed E-state index contributed by atoms with van der Waals surface area (Å²) in [5.41, 5.74) is 0.944. The first-order chi connectivity index (χ1) is 12.2. The van der Waals surface area contributed by atoms with Crippen LogP contribution in [0.5, 0.6) is 0 Å². The zero-order valence-corrected chi connectivity index (χ0v) is 14.8. The third kappa shape index (κ3) is 3.71. The zero-order valence-electron chi connectivity index (χ0n) is 14.0. The molecule has 2 aliphatic heterocycles. The van der Waals surface area contributed by atoms with Gasteiger partial charge in [0, 0.05) is 30.7 Å². The molecule has 0 radical (unpaired) electrons. The summed E-state index contributed by atoms with van der Waals surface area (Å²) in [6.45, 7) is 3.24. The van der Waals surface area contributed by atoms with E-state index < -0.39 is 0 Å². The second kappa shape index (κ2) is 7.40. The molecule has 0 unspecified atom stereocenters. The number of rotatable bonds is 4. The Labute approximate surface area is 151 Å². The van der Waals surface area contributed by atoms with E-state index in [-0.39, 0.29) is 11.9 Å². The maximum Gasteiger partial charge on any atom is 0.154 e. The van der Waals surface area contributed by atoms with Crippen molar-refractivity contribution in [1.29, 1.82) is 0 Å².